The fraction of sp³-hybridized carbons (Fsp3) is 0.200. The van der Waals surface area contributed by atoms with Crippen molar-refractivity contribution in [1.82, 2.24) is 9.97 Å². The lowest BCUT2D eigenvalue weighted by Crippen LogP contribution is -2.05. The van der Waals surface area contributed by atoms with Gasteiger partial charge in [0.25, 0.3) is 0 Å². The van der Waals surface area contributed by atoms with Gasteiger partial charge in [0.2, 0.25) is 0 Å². The van der Waals surface area contributed by atoms with Gasteiger partial charge in [0.05, 0.1) is 28.5 Å². The van der Waals surface area contributed by atoms with E-state index in [-0.39, 0.29) is 6.04 Å². The van der Waals surface area contributed by atoms with Crippen molar-refractivity contribution in [3.8, 4) is 0 Å². The van der Waals surface area contributed by atoms with E-state index in [1.165, 1.54) is 4.88 Å². The van der Waals surface area contributed by atoms with E-state index in [1.807, 2.05) is 11.7 Å². The number of hydrogen-bond acceptors (Lipinski definition) is 4. The molecule has 0 spiro atoms. The van der Waals surface area contributed by atoms with Gasteiger partial charge in [0, 0.05) is 17.3 Å². The van der Waals surface area contributed by atoms with Crippen LogP contribution in [0.4, 0.5) is 5.69 Å². The monoisotopic (exact) mass is 239 g/mol. The van der Waals surface area contributed by atoms with Gasteiger partial charge in [-0.1, -0.05) is 11.6 Å². The van der Waals surface area contributed by atoms with Crippen molar-refractivity contribution < 1.29 is 0 Å². The first-order valence-corrected chi connectivity index (χ1v) is 5.77. The number of halogens is 1. The maximum atomic E-state index is 6.01. The summed E-state index contributed by atoms with van der Waals surface area (Å²) in [5, 5.41) is 3.97. The van der Waals surface area contributed by atoms with E-state index in [9.17, 15) is 0 Å². The predicted molar refractivity (Wildman–Crippen MR) is 63.4 cm³/mol. The topological polar surface area (TPSA) is 37.8 Å². The first-order chi connectivity index (χ1) is 7.27. The van der Waals surface area contributed by atoms with Crippen molar-refractivity contribution in [2.45, 2.75) is 13.0 Å². The quantitative estimate of drug-likeness (QED) is 0.893. The molecule has 3 nitrogen and oxygen atoms in total. The van der Waals surface area contributed by atoms with Crippen LogP contribution in [0.2, 0.25) is 5.02 Å². The molecular weight excluding hydrogens is 230 g/mol. The van der Waals surface area contributed by atoms with E-state index in [4.69, 9.17) is 11.6 Å². The zero-order valence-electron chi connectivity index (χ0n) is 8.14. The number of thiazole rings is 1. The fourth-order valence-electron chi connectivity index (χ4n) is 1.23. The molecule has 0 amide bonds. The molecule has 0 aliphatic heterocycles. The number of nitrogens with one attached hydrogen (secondary N) is 1. The summed E-state index contributed by atoms with van der Waals surface area (Å²) in [6.45, 7) is 2.07. The molecule has 2 rings (SSSR count). The smallest absolute Gasteiger partial charge is 0.0795 e. The highest BCUT2D eigenvalue weighted by Gasteiger charge is 2.08. The second-order valence-corrected chi connectivity index (χ2v) is 4.45. The number of nitrogens with zero attached hydrogens (tertiary/aromatic N) is 2. The first-order valence-electron chi connectivity index (χ1n) is 4.52. The molecule has 0 fully saturated rings. The SMILES string of the molecule is CC(Nc1cnccc1Cl)c1cncs1. The summed E-state index contributed by atoms with van der Waals surface area (Å²) in [5.74, 6) is 0. The Hall–Kier alpha value is -1.13. The van der Waals surface area contributed by atoms with Crippen LogP contribution in [-0.2, 0) is 0 Å². The molecule has 0 saturated carbocycles. The van der Waals surface area contributed by atoms with Crippen LogP contribution in [0.5, 0.6) is 0 Å². The molecule has 0 radical (unpaired) electrons. The normalized spacial score (nSPS) is 12.4. The molecule has 0 aliphatic carbocycles. The van der Waals surface area contributed by atoms with Crippen molar-refractivity contribution in [2.24, 2.45) is 0 Å². The standard InChI is InChI=1S/C10H10ClN3S/c1-7(10-5-13-6-15-10)14-9-4-12-3-2-8(9)11/h2-7,14H,1H3. The van der Waals surface area contributed by atoms with Crippen LogP contribution in [0, 0.1) is 0 Å². The summed E-state index contributed by atoms with van der Waals surface area (Å²) >= 11 is 7.63. The van der Waals surface area contributed by atoms with E-state index < -0.39 is 0 Å². The van der Waals surface area contributed by atoms with Crippen molar-refractivity contribution >= 4 is 28.6 Å². The average molecular weight is 240 g/mol. The van der Waals surface area contributed by atoms with Crippen LogP contribution < -0.4 is 5.32 Å². The average Bonchev–Trinajstić information content (AvgIpc) is 2.74. The molecule has 15 heavy (non-hydrogen) atoms. The van der Waals surface area contributed by atoms with Gasteiger partial charge in [-0.2, -0.15) is 0 Å². The lowest BCUT2D eigenvalue weighted by molar-refractivity contribution is 0.901. The van der Waals surface area contributed by atoms with Crippen molar-refractivity contribution in [2.75, 3.05) is 5.32 Å². The Morgan fingerprint density at radius 1 is 1.40 bits per heavy atom. The van der Waals surface area contributed by atoms with E-state index in [1.54, 1.807) is 29.8 Å². The largest absolute Gasteiger partial charge is 0.375 e. The molecular formula is C10H10ClN3S. The van der Waals surface area contributed by atoms with Gasteiger partial charge < -0.3 is 5.32 Å². The number of rotatable bonds is 3. The maximum absolute atomic E-state index is 6.01. The van der Waals surface area contributed by atoms with Gasteiger partial charge in [0.15, 0.2) is 0 Å². The summed E-state index contributed by atoms with van der Waals surface area (Å²) in [5.41, 5.74) is 2.67. The lowest BCUT2D eigenvalue weighted by atomic mass is 10.3. The van der Waals surface area contributed by atoms with E-state index in [2.05, 4.69) is 22.2 Å². The summed E-state index contributed by atoms with van der Waals surface area (Å²) in [7, 11) is 0. The summed E-state index contributed by atoms with van der Waals surface area (Å²) in [6, 6.07) is 1.96. The van der Waals surface area contributed by atoms with Gasteiger partial charge in [-0.05, 0) is 13.0 Å². The van der Waals surface area contributed by atoms with E-state index >= 15 is 0 Å². The van der Waals surface area contributed by atoms with Gasteiger partial charge in [-0.25, -0.2) is 0 Å². The van der Waals surface area contributed by atoms with Crippen LogP contribution in [-0.4, -0.2) is 9.97 Å². The molecule has 78 valence electrons. The Kier molecular flexibility index (Phi) is 3.18. The first kappa shape index (κ1) is 10.4. The fourth-order valence-corrected chi connectivity index (χ4v) is 2.02. The second kappa shape index (κ2) is 4.59. The van der Waals surface area contributed by atoms with Crippen LogP contribution in [0.25, 0.3) is 0 Å². The number of anilines is 1. The Labute approximate surface area is 97.2 Å². The molecule has 1 unspecified atom stereocenters. The molecule has 2 aromatic rings. The zero-order valence-corrected chi connectivity index (χ0v) is 9.72. The Balaban J connectivity index is 2.13. The minimum atomic E-state index is 0.194. The van der Waals surface area contributed by atoms with Gasteiger partial charge in [-0.3, -0.25) is 9.97 Å². The Bertz CT molecular complexity index is 430. The Morgan fingerprint density at radius 3 is 2.93 bits per heavy atom. The minimum Gasteiger partial charge on any atom is -0.375 e. The third-order valence-electron chi connectivity index (χ3n) is 2.02. The van der Waals surface area contributed by atoms with Crippen LogP contribution in [0.15, 0.2) is 30.2 Å². The summed E-state index contributed by atoms with van der Waals surface area (Å²) in [6.07, 6.45) is 5.25. The third kappa shape index (κ3) is 2.46. The summed E-state index contributed by atoms with van der Waals surface area (Å²) in [4.78, 5) is 9.23. The number of hydrogen-bond donors (Lipinski definition) is 1. The number of pyridine rings is 1. The highest BCUT2D eigenvalue weighted by atomic mass is 35.5. The molecule has 2 aromatic heterocycles. The third-order valence-corrected chi connectivity index (χ3v) is 3.31. The molecule has 1 N–H and O–H groups in total. The zero-order chi connectivity index (χ0) is 10.7. The molecule has 5 heteroatoms. The molecule has 1 atom stereocenters. The lowest BCUT2D eigenvalue weighted by Gasteiger charge is -2.13. The van der Waals surface area contributed by atoms with E-state index in [0.717, 1.165) is 5.69 Å². The van der Waals surface area contributed by atoms with Crippen molar-refractivity contribution in [3.05, 3.63) is 40.1 Å². The van der Waals surface area contributed by atoms with Crippen LogP contribution in [0.3, 0.4) is 0 Å². The molecule has 0 aliphatic rings. The predicted octanol–water partition coefficient (Wildman–Crippen LogP) is 3.36. The Morgan fingerprint density at radius 2 is 2.27 bits per heavy atom. The minimum absolute atomic E-state index is 0.194. The van der Waals surface area contributed by atoms with Gasteiger partial charge in [-0.15, -0.1) is 11.3 Å². The molecule has 2 heterocycles. The van der Waals surface area contributed by atoms with Crippen molar-refractivity contribution in [3.63, 3.8) is 0 Å². The molecule has 0 bridgehead atoms. The highest BCUT2D eigenvalue weighted by Crippen LogP contribution is 2.26. The molecule has 0 saturated heterocycles. The molecule has 0 aromatic carbocycles. The van der Waals surface area contributed by atoms with Gasteiger partial charge in [0.1, 0.15) is 0 Å². The van der Waals surface area contributed by atoms with Crippen molar-refractivity contribution in [1.29, 1.82) is 0 Å². The van der Waals surface area contributed by atoms with Crippen LogP contribution in [0.1, 0.15) is 17.8 Å². The van der Waals surface area contributed by atoms with Crippen LogP contribution >= 0.6 is 22.9 Å². The highest BCUT2D eigenvalue weighted by molar-refractivity contribution is 7.09. The van der Waals surface area contributed by atoms with Gasteiger partial charge >= 0.3 is 0 Å². The van der Waals surface area contributed by atoms with E-state index in [0.29, 0.717) is 5.02 Å². The second-order valence-electron chi connectivity index (χ2n) is 3.13. The maximum Gasteiger partial charge on any atom is 0.0795 e. The number of aromatic nitrogens is 2. The summed E-state index contributed by atoms with van der Waals surface area (Å²) < 4.78 is 0.